The third-order valence-electron chi connectivity index (χ3n) is 2.70. The lowest BCUT2D eigenvalue weighted by Crippen LogP contribution is -2.26. The second-order valence-electron chi connectivity index (χ2n) is 4.12. The van der Waals surface area contributed by atoms with Crippen molar-refractivity contribution in [1.29, 1.82) is 0 Å². The highest BCUT2D eigenvalue weighted by molar-refractivity contribution is 7.20. The van der Waals surface area contributed by atoms with Crippen molar-refractivity contribution in [3.8, 4) is 5.75 Å². The number of thiophene rings is 1. The van der Waals surface area contributed by atoms with E-state index in [1.165, 1.54) is 7.11 Å². The fraction of sp³-hybridized carbons (Fsp3) is 0.357. The molecule has 7 heteroatoms. The first-order chi connectivity index (χ1) is 10.1. The van der Waals surface area contributed by atoms with Gasteiger partial charge >= 0.3 is 11.9 Å². The van der Waals surface area contributed by atoms with E-state index in [1.54, 1.807) is 32.2 Å². The summed E-state index contributed by atoms with van der Waals surface area (Å²) >= 11 is 1.16. The summed E-state index contributed by atoms with van der Waals surface area (Å²) in [4.78, 5) is 28.6. The Balaban J connectivity index is 2.40. The molecule has 21 heavy (non-hydrogen) atoms. The predicted octanol–water partition coefficient (Wildman–Crippen LogP) is 2.41. The number of rotatable bonds is 5. The fourth-order valence-corrected chi connectivity index (χ4v) is 2.73. The highest BCUT2D eigenvalue weighted by Crippen LogP contribution is 2.37. The number of hydrogen-bond donors (Lipinski definition) is 0. The van der Waals surface area contributed by atoms with Crippen molar-refractivity contribution >= 4 is 33.5 Å². The third kappa shape index (κ3) is 3.13. The highest BCUT2D eigenvalue weighted by Gasteiger charge is 2.25. The molecule has 0 aliphatic heterocycles. The molecule has 0 saturated carbocycles. The van der Waals surface area contributed by atoms with Crippen molar-refractivity contribution < 1.29 is 23.8 Å². The Morgan fingerprint density at radius 1 is 1.43 bits per heavy atom. The van der Waals surface area contributed by atoms with E-state index in [0.29, 0.717) is 16.0 Å². The molecule has 0 aliphatic rings. The Kier molecular flexibility index (Phi) is 4.74. The third-order valence-corrected chi connectivity index (χ3v) is 3.78. The number of hydrogen-bond acceptors (Lipinski definition) is 7. The second kappa shape index (κ2) is 6.53. The van der Waals surface area contributed by atoms with Crippen molar-refractivity contribution in [3.63, 3.8) is 0 Å². The minimum atomic E-state index is -0.827. The lowest BCUT2D eigenvalue weighted by molar-refractivity contribution is -0.150. The summed E-state index contributed by atoms with van der Waals surface area (Å²) < 4.78 is 15.3. The number of nitrogens with zero attached hydrogens (tertiary/aromatic N) is 1. The van der Waals surface area contributed by atoms with Gasteiger partial charge in [0.05, 0.1) is 19.1 Å². The van der Waals surface area contributed by atoms with Gasteiger partial charge in [-0.2, -0.15) is 0 Å². The number of aromatic nitrogens is 1. The summed E-state index contributed by atoms with van der Waals surface area (Å²) in [6.45, 7) is 3.55. The van der Waals surface area contributed by atoms with Gasteiger partial charge in [-0.3, -0.25) is 0 Å². The molecule has 0 aromatic carbocycles. The summed E-state index contributed by atoms with van der Waals surface area (Å²) in [5.74, 6) is -0.712. The highest BCUT2D eigenvalue weighted by atomic mass is 32.1. The minimum Gasteiger partial charge on any atom is -0.477 e. The number of esters is 2. The summed E-state index contributed by atoms with van der Waals surface area (Å²) in [5, 5.41) is 0.666. The van der Waals surface area contributed by atoms with E-state index in [2.05, 4.69) is 4.98 Å². The zero-order valence-electron chi connectivity index (χ0n) is 11.9. The van der Waals surface area contributed by atoms with Crippen LogP contribution in [0, 0.1) is 0 Å². The number of pyridine rings is 1. The van der Waals surface area contributed by atoms with Gasteiger partial charge in [0.25, 0.3) is 0 Å². The Labute approximate surface area is 125 Å². The van der Waals surface area contributed by atoms with Gasteiger partial charge in [0.15, 0.2) is 16.7 Å². The van der Waals surface area contributed by atoms with Gasteiger partial charge < -0.3 is 14.2 Å². The Morgan fingerprint density at radius 2 is 2.19 bits per heavy atom. The molecule has 0 unspecified atom stereocenters. The van der Waals surface area contributed by atoms with Crippen LogP contribution in [0.25, 0.3) is 10.2 Å². The van der Waals surface area contributed by atoms with Gasteiger partial charge in [-0.25, -0.2) is 14.6 Å². The van der Waals surface area contributed by atoms with Gasteiger partial charge in [0.1, 0.15) is 4.83 Å². The Hall–Kier alpha value is -2.15. The van der Waals surface area contributed by atoms with E-state index < -0.39 is 18.0 Å². The zero-order chi connectivity index (χ0) is 15.4. The first-order valence-electron chi connectivity index (χ1n) is 6.37. The van der Waals surface area contributed by atoms with Crippen LogP contribution < -0.4 is 4.74 Å². The maximum Gasteiger partial charge on any atom is 0.351 e. The molecule has 2 aromatic rings. The van der Waals surface area contributed by atoms with Crippen LogP contribution in [0.2, 0.25) is 0 Å². The van der Waals surface area contributed by atoms with Gasteiger partial charge in [0.2, 0.25) is 0 Å². The average Bonchev–Trinajstić information content (AvgIpc) is 2.85. The van der Waals surface area contributed by atoms with Crippen LogP contribution in [0.5, 0.6) is 5.75 Å². The Morgan fingerprint density at radius 3 is 2.86 bits per heavy atom. The van der Waals surface area contributed by atoms with Gasteiger partial charge in [-0.1, -0.05) is 0 Å². The molecule has 1 atom stereocenters. The van der Waals surface area contributed by atoms with Gasteiger partial charge in [-0.15, -0.1) is 11.3 Å². The number of carbonyl (C=O) groups is 2. The molecule has 6 nitrogen and oxygen atoms in total. The lowest BCUT2D eigenvalue weighted by atomic mass is 10.3. The molecule has 0 spiro atoms. The van der Waals surface area contributed by atoms with Gasteiger partial charge in [0, 0.05) is 6.20 Å². The smallest absolute Gasteiger partial charge is 0.351 e. The molecule has 0 amide bonds. The molecule has 0 bridgehead atoms. The number of methoxy groups -OCH3 is 1. The quantitative estimate of drug-likeness (QED) is 0.790. The van der Waals surface area contributed by atoms with E-state index in [0.717, 1.165) is 11.3 Å². The summed E-state index contributed by atoms with van der Waals surface area (Å²) in [5.41, 5.74) is 0. The molecule has 2 heterocycles. The monoisotopic (exact) mass is 309 g/mol. The SMILES string of the molecule is CCOC(=O)[C@@H](C)Oc1c(C(=O)OC)sc2ncccc12. The fourth-order valence-electron chi connectivity index (χ4n) is 1.74. The largest absolute Gasteiger partial charge is 0.477 e. The van der Waals surface area contributed by atoms with Crippen LogP contribution in [-0.2, 0) is 14.3 Å². The maximum absolute atomic E-state index is 11.8. The van der Waals surface area contributed by atoms with Crippen LogP contribution in [0.1, 0.15) is 23.5 Å². The Bertz CT molecular complexity index is 666. The van der Waals surface area contributed by atoms with Crippen molar-refractivity contribution in [2.45, 2.75) is 20.0 Å². The average molecular weight is 309 g/mol. The van der Waals surface area contributed by atoms with Crippen molar-refractivity contribution in [2.75, 3.05) is 13.7 Å². The number of fused-ring (bicyclic) bond motifs is 1. The van der Waals surface area contributed by atoms with E-state index in [-0.39, 0.29) is 11.5 Å². The molecule has 2 rings (SSSR count). The van der Waals surface area contributed by atoms with Crippen molar-refractivity contribution in [3.05, 3.63) is 23.2 Å². The number of carbonyl (C=O) groups excluding carboxylic acids is 2. The topological polar surface area (TPSA) is 74.7 Å². The van der Waals surface area contributed by atoms with Crippen molar-refractivity contribution in [2.24, 2.45) is 0 Å². The van der Waals surface area contributed by atoms with E-state index in [1.807, 2.05) is 0 Å². The van der Waals surface area contributed by atoms with Crippen molar-refractivity contribution in [1.82, 2.24) is 4.98 Å². The van der Waals surface area contributed by atoms with Crippen LogP contribution in [0.3, 0.4) is 0 Å². The zero-order valence-corrected chi connectivity index (χ0v) is 12.7. The summed E-state index contributed by atoms with van der Waals surface area (Å²) in [7, 11) is 1.29. The first-order valence-corrected chi connectivity index (χ1v) is 7.19. The molecule has 0 fully saturated rings. The van der Waals surface area contributed by atoms with Crippen LogP contribution in [0.15, 0.2) is 18.3 Å². The molecule has 2 aromatic heterocycles. The standard InChI is InChI=1S/C14H15NO5S/c1-4-19-13(16)8(2)20-10-9-6-5-7-15-12(9)21-11(10)14(17)18-3/h5-8H,4H2,1-3H3/t8-/m1/s1. The van der Waals surface area contributed by atoms with E-state index >= 15 is 0 Å². The van der Waals surface area contributed by atoms with E-state index in [9.17, 15) is 9.59 Å². The van der Waals surface area contributed by atoms with Crippen LogP contribution in [0.4, 0.5) is 0 Å². The second-order valence-corrected chi connectivity index (χ2v) is 5.12. The maximum atomic E-state index is 11.8. The summed E-state index contributed by atoms with van der Waals surface area (Å²) in [6.07, 6.45) is 0.796. The normalized spacial score (nSPS) is 12.0. The van der Waals surface area contributed by atoms with Gasteiger partial charge in [-0.05, 0) is 26.0 Å². The number of ether oxygens (including phenoxy) is 3. The molecular formula is C14H15NO5S. The lowest BCUT2D eigenvalue weighted by Gasteiger charge is -2.13. The molecule has 112 valence electrons. The van der Waals surface area contributed by atoms with Crippen LogP contribution in [-0.4, -0.2) is 36.7 Å². The van der Waals surface area contributed by atoms with E-state index in [4.69, 9.17) is 14.2 Å². The molecule has 0 saturated heterocycles. The molecule has 0 N–H and O–H groups in total. The predicted molar refractivity (Wildman–Crippen MR) is 77.7 cm³/mol. The minimum absolute atomic E-state index is 0.266. The molecule has 0 aliphatic carbocycles. The molecular weight excluding hydrogens is 294 g/mol. The first kappa shape index (κ1) is 15.2. The molecule has 0 radical (unpaired) electrons. The summed E-state index contributed by atoms with van der Waals surface area (Å²) in [6, 6.07) is 3.51. The van der Waals surface area contributed by atoms with Crippen LogP contribution >= 0.6 is 11.3 Å².